The van der Waals surface area contributed by atoms with Gasteiger partial charge in [-0.05, 0) is 0 Å². The highest BCUT2D eigenvalue weighted by molar-refractivity contribution is 4.50. The molecular weight excluding hydrogens is 96.0 g/mol. The summed E-state index contributed by atoms with van der Waals surface area (Å²) >= 11 is 0. The van der Waals surface area contributed by atoms with Crippen molar-refractivity contribution < 1.29 is 13.6 Å². The molecule has 0 aliphatic heterocycles. The molecule has 7 heavy (non-hydrogen) atoms. The predicted molar refractivity (Wildman–Crippen MR) is 20.9 cm³/mol. The van der Waals surface area contributed by atoms with Crippen LogP contribution < -0.4 is 0 Å². The summed E-state index contributed by atoms with van der Waals surface area (Å²) < 4.78 is 13.2. The van der Waals surface area contributed by atoms with E-state index in [1.165, 1.54) is 25.1 Å². The van der Waals surface area contributed by atoms with Gasteiger partial charge in [0.1, 0.15) is 12.5 Å². The average Bonchev–Trinajstić information content (AvgIpc) is 1.90. The van der Waals surface area contributed by atoms with Gasteiger partial charge in [-0.1, -0.05) is 0 Å². The van der Waals surface area contributed by atoms with E-state index >= 15 is 0 Å². The molecule has 0 atom stereocenters. The van der Waals surface area contributed by atoms with Gasteiger partial charge in [0.05, 0.1) is 0 Å². The minimum absolute atomic E-state index is 1.29. The van der Waals surface area contributed by atoms with Crippen LogP contribution in [0.25, 0.3) is 0 Å². The normalized spacial score (nSPS) is 8.00. The van der Waals surface area contributed by atoms with Crippen LogP contribution in [0.15, 0.2) is 38.6 Å². The number of rotatable bonds is 0. The molecule has 0 fully saturated rings. The maximum absolute atomic E-state index is 4.58. The Morgan fingerprint density at radius 1 is 0.714 bits per heavy atom. The van der Waals surface area contributed by atoms with Crippen LogP contribution in [0.1, 0.15) is 0 Å². The molecule has 0 radical (unpaired) electrons. The molecule has 3 heteroatoms. The summed E-state index contributed by atoms with van der Waals surface area (Å²) in [5, 5.41) is 0. The maximum atomic E-state index is 4.58. The van der Waals surface area contributed by atoms with E-state index in [0.29, 0.717) is 0 Å². The minimum atomic E-state index is 1.29. The lowest BCUT2D eigenvalue weighted by atomic mass is 11.0. The average molecular weight is 100 g/mol. The van der Waals surface area contributed by atoms with Crippen molar-refractivity contribution in [2.75, 3.05) is 0 Å². The van der Waals surface area contributed by atoms with Gasteiger partial charge in [-0.25, -0.2) is 0 Å². The Bertz CT molecular complexity index is 94.9. The SMILES string of the molecule is c1coocco1. The van der Waals surface area contributed by atoms with Crippen LogP contribution in [-0.4, -0.2) is 0 Å². The first-order valence-corrected chi connectivity index (χ1v) is 1.78. The fourth-order valence-electron chi connectivity index (χ4n) is 0.219. The topological polar surface area (TPSA) is 39.4 Å². The van der Waals surface area contributed by atoms with Gasteiger partial charge in [-0.2, -0.15) is 0 Å². The third-order valence-electron chi connectivity index (χ3n) is 0.435. The highest BCUT2D eigenvalue weighted by atomic mass is 17.0. The molecule has 1 heterocycles. The summed E-state index contributed by atoms with van der Waals surface area (Å²) in [5.74, 6) is 0. The van der Waals surface area contributed by atoms with Crippen LogP contribution in [0.2, 0.25) is 0 Å². The van der Waals surface area contributed by atoms with Crippen molar-refractivity contribution in [1.82, 2.24) is 0 Å². The van der Waals surface area contributed by atoms with E-state index in [1.54, 1.807) is 0 Å². The highest BCUT2D eigenvalue weighted by Gasteiger charge is 1.61. The third-order valence-corrected chi connectivity index (χ3v) is 0.435. The molecule has 0 unspecified atom stereocenters. The first kappa shape index (κ1) is 4.05. The molecule has 38 valence electrons. The highest BCUT2D eigenvalue weighted by Crippen LogP contribution is 1.79. The summed E-state index contributed by atoms with van der Waals surface area (Å²) in [4.78, 5) is 0. The van der Waals surface area contributed by atoms with Crippen molar-refractivity contribution in [1.29, 1.82) is 0 Å². The van der Waals surface area contributed by atoms with Crippen molar-refractivity contribution in [2.24, 2.45) is 0 Å². The van der Waals surface area contributed by atoms with E-state index in [-0.39, 0.29) is 0 Å². The predicted octanol–water partition coefficient (Wildman–Crippen LogP) is 1.59. The summed E-state index contributed by atoms with van der Waals surface area (Å²) in [6.45, 7) is 0. The van der Waals surface area contributed by atoms with Gasteiger partial charge < -0.3 is 4.42 Å². The van der Waals surface area contributed by atoms with Crippen molar-refractivity contribution in [3.05, 3.63) is 25.1 Å². The van der Waals surface area contributed by atoms with Crippen LogP contribution in [0, 0.1) is 0 Å². The largest absolute Gasteiger partial charge is 0.466 e. The lowest BCUT2D eigenvalue weighted by Crippen LogP contribution is -1.31. The van der Waals surface area contributed by atoms with Crippen LogP contribution in [0.4, 0.5) is 0 Å². The van der Waals surface area contributed by atoms with E-state index in [1.807, 2.05) is 0 Å². The van der Waals surface area contributed by atoms with Gasteiger partial charge in [0.25, 0.3) is 0 Å². The molecule has 0 aliphatic carbocycles. The molecule has 0 amide bonds. The Hall–Kier alpha value is -1.12. The van der Waals surface area contributed by atoms with Gasteiger partial charge in [-0.3, -0.25) is 9.15 Å². The molecule has 1 rings (SSSR count). The third kappa shape index (κ3) is 1.17. The van der Waals surface area contributed by atoms with Crippen molar-refractivity contribution in [3.63, 3.8) is 0 Å². The molecule has 1 aromatic heterocycles. The molecule has 0 saturated carbocycles. The molecular formula is C4H4O3. The molecule has 0 saturated heterocycles. The quantitative estimate of drug-likeness (QED) is 0.464. The van der Waals surface area contributed by atoms with E-state index in [4.69, 9.17) is 0 Å². The van der Waals surface area contributed by atoms with E-state index in [9.17, 15) is 0 Å². The van der Waals surface area contributed by atoms with Gasteiger partial charge in [0.15, 0.2) is 12.5 Å². The van der Waals surface area contributed by atoms with Crippen LogP contribution in [0.5, 0.6) is 0 Å². The zero-order valence-corrected chi connectivity index (χ0v) is 3.53. The second-order valence-corrected chi connectivity index (χ2v) is 0.873. The van der Waals surface area contributed by atoms with E-state index in [2.05, 4.69) is 13.6 Å². The number of hydrogen-bond acceptors (Lipinski definition) is 3. The van der Waals surface area contributed by atoms with E-state index in [0.717, 1.165) is 0 Å². The Balaban J connectivity index is 3.06. The standard InChI is InChI=1S/C4H4O3/c1-3-6-7-4-2-5-1/h1-4H. The van der Waals surface area contributed by atoms with Gasteiger partial charge in [0.2, 0.25) is 0 Å². The zero-order valence-electron chi connectivity index (χ0n) is 3.53. The summed E-state index contributed by atoms with van der Waals surface area (Å²) in [7, 11) is 0. The molecule has 0 aliphatic rings. The lowest BCUT2D eigenvalue weighted by molar-refractivity contribution is 0.0489. The Morgan fingerprint density at radius 3 is 1.86 bits per heavy atom. The van der Waals surface area contributed by atoms with Crippen LogP contribution >= 0.6 is 0 Å². The van der Waals surface area contributed by atoms with Crippen molar-refractivity contribution in [3.8, 4) is 0 Å². The Labute approximate surface area is 39.8 Å². The van der Waals surface area contributed by atoms with Gasteiger partial charge in [0, 0.05) is 0 Å². The Morgan fingerprint density at radius 2 is 1.29 bits per heavy atom. The van der Waals surface area contributed by atoms with Crippen molar-refractivity contribution in [2.45, 2.75) is 0 Å². The smallest absolute Gasteiger partial charge is 0.177 e. The molecule has 0 bridgehead atoms. The number of hydrogen-bond donors (Lipinski definition) is 0. The van der Waals surface area contributed by atoms with Gasteiger partial charge in [-0.15, -0.1) is 0 Å². The molecule has 0 N–H and O–H groups in total. The maximum Gasteiger partial charge on any atom is 0.177 e. The molecule has 0 aromatic carbocycles. The fourth-order valence-corrected chi connectivity index (χ4v) is 0.219. The molecule has 1 aromatic rings. The second kappa shape index (κ2) is 2.12. The Kier molecular flexibility index (Phi) is 1.23. The van der Waals surface area contributed by atoms with Crippen LogP contribution in [0.3, 0.4) is 0 Å². The summed E-state index contributed by atoms with van der Waals surface area (Å²) in [6.07, 6.45) is 5.31. The molecule has 3 nitrogen and oxygen atoms in total. The monoisotopic (exact) mass is 100 g/mol. The first-order valence-electron chi connectivity index (χ1n) is 1.78. The minimum Gasteiger partial charge on any atom is -0.466 e. The zero-order chi connectivity index (χ0) is 4.95. The van der Waals surface area contributed by atoms with Crippen LogP contribution in [-0.2, 0) is 0 Å². The van der Waals surface area contributed by atoms with E-state index < -0.39 is 0 Å². The summed E-state index contributed by atoms with van der Waals surface area (Å²) in [5.41, 5.74) is 0. The first-order chi connectivity index (χ1) is 3.50. The fraction of sp³-hybridized carbons (Fsp3) is 0. The summed E-state index contributed by atoms with van der Waals surface area (Å²) in [6, 6.07) is 0. The molecule has 0 spiro atoms. The second-order valence-electron chi connectivity index (χ2n) is 0.873. The van der Waals surface area contributed by atoms with Crippen molar-refractivity contribution >= 4 is 0 Å². The lowest BCUT2D eigenvalue weighted by Gasteiger charge is -1.59. The van der Waals surface area contributed by atoms with Gasteiger partial charge >= 0.3 is 0 Å².